The minimum atomic E-state index is -0.226. The van der Waals surface area contributed by atoms with Gasteiger partial charge in [0, 0.05) is 12.6 Å². The van der Waals surface area contributed by atoms with Gasteiger partial charge in [-0.1, -0.05) is 0 Å². The summed E-state index contributed by atoms with van der Waals surface area (Å²) in [5, 5.41) is 2.65. The molecule has 114 valence electrons. The minimum Gasteiger partial charge on any atom is -0.493 e. The largest absolute Gasteiger partial charge is 0.493 e. The van der Waals surface area contributed by atoms with E-state index in [2.05, 4.69) is 19.2 Å². The molecule has 1 aliphatic heterocycles. The number of rotatable bonds is 4. The molecule has 0 radical (unpaired) electrons. The van der Waals surface area contributed by atoms with Crippen molar-refractivity contribution in [1.29, 1.82) is 0 Å². The average Bonchev–Trinajstić information content (AvgIpc) is 2.44. The lowest BCUT2D eigenvalue weighted by molar-refractivity contribution is -0.119. The molecule has 0 unspecified atom stereocenters. The van der Waals surface area contributed by atoms with Gasteiger partial charge in [-0.05, 0) is 38.0 Å². The van der Waals surface area contributed by atoms with Gasteiger partial charge in [0.1, 0.15) is 0 Å². The first-order chi connectivity index (χ1) is 9.90. The Kier molecular flexibility index (Phi) is 4.21. The molecule has 5 heteroatoms. The number of benzene rings is 1. The van der Waals surface area contributed by atoms with Gasteiger partial charge in [0.2, 0.25) is 5.91 Å². The number of fused-ring (bicyclic) bond motifs is 1. The van der Waals surface area contributed by atoms with Gasteiger partial charge in [-0.15, -0.1) is 0 Å². The predicted octanol–water partition coefficient (Wildman–Crippen LogP) is 1.96. The van der Waals surface area contributed by atoms with E-state index in [4.69, 9.17) is 14.5 Å². The summed E-state index contributed by atoms with van der Waals surface area (Å²) in [5.41, 5.74) is 2.67. The molecular formula is C16H22N2O3. The van der Waals surface area contributed by atoms with E-state index in [1.165, 1.54) is 0 Å². The smallest absolute Gasteiger partial charge is 0.225 e. The summed E-state index contributed by atoms with van der Waals surface area (Å²) in [7, 11) is 4.86. The molecule has 5 nitrogen and oxygen atoms in total. The lowest BCUT2D eigenvalue weighted by Gasteiger charge is -2.29. The van der Waals surface area contributed by atoms with Crippen LogP contribution < -0.4 is 14.8 Å². The molecule has 1 aliphatic rings. The number of nitrogens with one attached hydrogen (secondary N) is 1. The second-order valence-electron chi connectivity index (χ2n) is 5.76. The molecule has 0 saturated heterocycles. The summed E-state index contributed by atoms with van der Waals surface area (Å²) in [4.78, 5) is 16.5. The van der Waals surface area contributed by atoms with Crippen LogP contribution in [-0.4, -0.2) is 38.4 Å². The lowest BCUT2D eigenvalue weighted by atomic mass is 9.85. The monoisotopic (exact) mass is 290 g/mol. The Hall–Kier alpha value is -2.04. The third kappa shape index (κ3) is 3.17. The van der Waals surface area contributed by atoms with Gasteiger partial charge in [0.05, 0.1) is 31.9 Å². The molecule has 0 spiro atoms. The fourth-order valence-electron chi connectivity index (χ4n) is 2.64. The fraction of sp³-hybridized carbons (Fsp3) is 0.500. The Morgan fingerprint density at radius 3 is 2.48 bits per heavy atom. The Morgan fingerprint density at radius 1 is 1.29 bits per heavy atom. The van der Waals surface area contributed by atoms with Crippen LogP contribution >= 0.6 is 0 Å². The minimum absolute atomic E-state index is 0.0489. The van der Waals surface area contributed by atoms with Crippen molar-refractivity contribution in [1.82, 2.24) is 5.32 Å². The van der Waals surface area contributed by atoms with Crippen LogP contribution in [-0.2, 0) is 11.2 Å². The summed E-state index contributed by atoms with van der Waals surface area (Å²) in [6.07, 6.45) is 1.07. The lowest BCUT2D eigenvalue weighted by Crippen LogP contribution is -2.32. The van der Waals surface area contributed by atoms with Gasteiger partial charge in [-0.2, -0.15) is 0 Å². The van der Waals surface area contributed by atoms with Crippen molar-refractivity contribution in [3.05, 3.63) is 23.3 Å². The maximum atomic E-state index is 11.7. The second-order valence-corrected chi connectivity index (χ2v) is 5.76. The molecule has 1 amide bonds. The Morgan fingerprint density at radius 2 is 1.90 bits per heavy atom. The first-order valence-corrected chi connectivity index (χ1v) is 6.94. The molecule has 0 fully saturated rings. The molecule has 0 aliphatic carbocycles. The Labute approximate surface area is 125 Å². The van der Waals surface area contributed by atoms with Crippen molar-refractivity contribution in [2.45, 2.75) is 32.2 Å². The van der Waals surface area contributed by atoms with Crippen LogP contribution in [0.15, 0.2) is 17.1 Å². The number of aliphatic imine (C=N–C) groups is 1. The number of methoxy groups -OCH3 is 2. The van der Waals surface area contributed by atoms with Gasteiger partial charge in [-0.3, -0.25) is 9.79 Å². The Bertz CT molecular complexity index is 591. The number of ether oxygens (including phenoxy) is 2. The van der Waals surface area contributed by atoms with Crippen LogP contribution in [0.1, 0.15) is 31.4 Å². The zero-order valence-electron chi connectivity index (χ0n) is 13.2. The van der Waals surface area contributed by atoms with E-state index in [9.17, 15) is 4.79 Å². The van der Waals surface area contributed by atoms with Crippen molar-refractivity contribution in [3.63, 3.8) is 0 Å². The van der Waals surface area contributed by atoms with E-state index < -0.39 is 0 Å². The Balaban J connectivity index is 2.52. The van der Waals surface area contributed by atoms with Crippen molar-refractivity contribution < 1.29 is 14.3 Å². The number of carbonyl (C=O) groups is 1. The highest BCUT2D eigenvalue weighted by atomic mass is 16.5. The quantitative estimate of drug-likeness (QED) is 0.922. The fourth-order valence-corrected chi connectivity index (χ4v) is 2.64. The molecule has 1 N–H and O–H groups in total. The highest BCUT2D eigenvalue weighted by Gasteiger charge is 2.29. The van der Waals surface area contributed by atoms with Crippen molar-refractivity contribution in [2.24, 2.45) is 4.99 Å². The summed E-state index contributed by atoms with van der Waals surface area (Å²) in [6, 6.07) is 3.89. The third-order valence-electron chi connectivity index (χ3n) is 3.59. The van der Waals surface area contributed by atoms with Crippen LogP contribution in [0.25, 0.3) is 0 Å². The highest BCUT2D eigenvalue weighted by molar-refractivity contribution is 6.12. The molecule has 0 aromatic heterocycles. The van der Waals surface area contributed by atoms with Crippen LogP contribution in [0.3, 0.4) is 0 Å². The first kappa shape index (κ1) is 15.4. The van der Waals surface area contributed by atoms with E-state index in [1.54, 1.807) is 21.3 Å². The molecular weight excluding hydrogens is 268 g/mol. The molecule has 1 aromatic carbocycles. The van der Waals surface area contributed by atoms with Gasteiger partial charge in [0.25, 0.3) is 0 Å². The molecule has 0 bridgehead atoms. The topological polar surface area (TPSA) is 59.9 Å². The molecule has 2 rings (SSSR count). The van der Waals surface area contributed by atoms with E-state index in [1.807, 2.05) is 12.1 Å². The molecule has 1 heterocycles. The van der Waals surface area contributed by atoms with Crippen molar-refractivity contribution in [2.75, 3.05) is 21.3 Å². The number of hydrogen-bond acceptors (Lipinski definition) is 4. The molecule has 1 aromatic rings. The molecule has 21 heavy (non-hydrogen) atoms. The normalized spacial score (nSPS) is 15.8. The standard InChI is InChI=1S/C16H22N2O3/c1-16(2)9-10-6-13(20-4)14(21-5)7-11(10)12(18-16)8-15(19)17-3/h6-7H,8-9H2,1-5H3,(H,17,19). The zero-order chi connectivity index (χ0) is 15.6. The predicted molar refractivity (Wildman–Crippen MR) is 82.5 cm³/mol. The first-order valence-electron chi connectivity index (χ1n) is 6.94. The van der Waals surface area contributed by atoms with Gasteiger partial charge in [-0.25, -0.2) is 0 Å². The van der Waals surface area contributed by atoms with Gasteiger partial charge >= 0.3 is 0 Å². The van der Waals surface area contributed by atoms with Gasteiger partial charge in [0.15, 0.2) is 11.5 Å². The summed E-state index contributed by atoms with van der Waals surface area (Å²) >= 11 is 0. The number of nitrogens with zero attached hydrogens (tertiary/aromatic N) is 1. The number of carbonyl (C=O) groups excluding carboxylic acids is 1. The van der Waals surface area contributed by atoms with E-state index in [0.29, 0.717) is 11.5 Å². The summed E-state index contributed by atoms with van der Waals surface area (Å²) < 4.78 is 10.7. The van der Waals surface area contributed by atoms with Crippen LogP contribution in [0.2, 0.25) is 0 Å². The molecule has 0 atom stereocenters. The highest BCUT2D eigenvalue weighted by Crippen LogP contribution is 2.36. The van der Waals surface area contributed by atoms with Crippen LogP contribution in [0.5, 0.6) is 11.5 Å². The van der Waals surface area contributed by atoms with Crippen LogP contribution in [0, 0.1) is 0 Å². The third-order valence-corrected chi connectivity index (χ3v) is 3.59. The number of hydrogen-bond donors (Lipinski definition) is 1. The maximum Gasteiger partial charge on any atom is 0.225 e. The molecule has 0 saturated carbocycles. The van der Waals surface area contributed by atoms with E-state index in [0.717, 1.165) is 23.3 Å². The maximum absolute atomic E-state index is 11.7. The van der Waals surface area contributed by atoms with Crippen molar-refractivity contribution >= 4 is 11.6 Å². The number of amides is 1. The summed E-state index contributed by atoms with van der Waals surface area (Å²) in [5.74, 6) is 1.31. The van der Waals surface area contributed by atoms with Crippen molar-refractivity contribution in [3.8, 4) is 11.5 Å². The second kappa shape index (κ2) is 5.76. The zero-order valence-corrected chi connectivity index (χ0v) is 13.2. The summed E-state index contributed by atoms with van der Waals surface area (Å²) in [6.45, 7) is 4.13. The average molecular weight is 290 g/mol. The van der Waals surface area contributed by atoms with E-state index >= 15 is 0 Å². The SMILES string of the molecule is CNC(=O)CC1=NC(C)(C)Cc2cc(OC)c(OC)cc21. The van der Waals surface area contributed by atoms with Crippen LogP contribution in [0.4, 0.5) is 0 Å². The van der Waals surface area contributed by atoms with Gasteiger partial charge < -0.3 is 14.8 Å². The van der Waals surface area contributed by atoms with E-state index in [-0.39, 0.29) is 17.9 Å².